The third kappa shape index (κ3) is 7.50. The summed E-state index contributed by atoms with van der Waals surface area (Å²) in [5.74, 6) is -0.348. The number of nitrogens with one attached hydrogen (secondary N) is 2. The Bertz CT molecular complexity index is 529. The zero-order chi connectivity index (χ0) is 15.9. The molecule has 0 atom stereocenters. The van der Waals surface area contributed by atoms with Gasteiger partial charge in [0.05, 0.1) is 0 Å². The number of halogens is 3. The summed E-state index contributed by atoms with van der Waals surface area (Å²) in [5.41, 5.74) is -3.49. The normalized spacial score (nSPS) is 12.8. The Morgan fingerprint density at radius 3 is 2.67 bits per heavy atom. The predicted octanol–water partition coefficient (Wildman–Crippen LogP) is 2.78. The Hall–Kier alpha value is -0.290. The molecule has 0 spiro atoms. The zero-order valence-electron chi connectivity index (χ0n) is 11.4. The van der Waals surface area contributed by atoms with Crippen molar-refractivity contribution in [2.45, 2.75) is 29.6 Å². The number of rotatable bonds is 9. The average Bonchev–Trinajstić information content (AvgIpc) is 2.84. The number of alkyl halides is 3. The molecule has 10 heteroatoms. The van der Waals surface area contributed by atoms with E-state index in [2.05, 4.69) is 10.0 Å². The van der Waals surface area contributed by atoms with Gasteiger partial charge in [0, 0.05) is 18.8 Å². The van der Waals surface area contributed by atoms with Crippen molar-refractivity contribution in [1.82, 2.24) is 10.0 Å². The predicted molar refractivity (Wildman–Crippen MR) is 80.0 cm³/mol. The van der Waals surface area contributed by atoms with Gasteiger partial charge >= 0.3 is 5.51 Å². The topological polar surface area (TPSA) is 58.2 Å². The molecule has 0 aliphatic carbocycles. The molecular formula is C11H17F3N2O2S3. The first-order chi connectivity index (χ1) is 9.74. The summed E-state index contributed by atoms with van der Waals surface area (Å²) in [5, 5.41) is 4.87. The first-order valence-electron chi connectivity index (χ1n) is 6.23. The fraction of sp³-hybridized carbons (Fsp3) is 0.636. The van der Waals surface area contributed by atoms with E-state index in [1.165, 1.54) is 6.07 Å². The lowest BCUT2D eigenvalue weighted by atomic mass is 10.3. The fourth-order valence-corrected chi connectivity index (χ4v) is 4.26. The summed E-state index contributed by atoms with van der Waals surface area (Å²) >= 11 is 0.813. The Morgan fingerprint density at radius 2 is 2.05 bits per heavy atom. The highest BCUT2D eigenvalue weighted by molar-refractivity contribution is 8.00. The molecule has 1 heterocycles. The maximum atomic E-state index is 11.9. The Kier molecular flexibility index (Phi) is 7.48. The van der Waals surface area contributed by atoms with Crippen LogP contribution in [0.4, 0.5) is 13.2 Å². The van der Waals surface area contributed by atoms with Gasteiger partial charge in [0.25, 0.3) is 0 Å². The number of thioether (sulfide) groups is 1. The monoisotopic (exact) mass is 362 g/mol. The average molecular weight is 362 g/mol. The van der Waals surface area contributed by atoms with E-state index in [0.717, 1.165) is 29.9 Å². The van der Waals surface area contributed by atoms with E-state index in [9.17, 15) is 21.6 Å². The highest BCUT2D eigenvalue weighted by Gasteiger charge is 2.27. The van der Waals surface area contributed by atoms with Gasteiger partial charge in [-0.3, -0.25) is 0 Å². The molecule has 2 N–H and O–H groups in total. The van der Waals surface area contributed by atoms with Gasteiger partial charge < -0.3 is 5.32 Å². The standard InChI is InChI=1S/C11H17F3N2O2S3/c1-2-3-15-7-9-6-10(19-8-9)21(17,18)16-4-5-20-11(12,13)14/h6,8,15-16H,2-5,7H2,1H3. The van der Waals surface area contributed by atoms with Gasteiger partial charge in [0.2, 0.25) is 10.0 Å². The highest BCUT2D eigenvalue weighted by Crippen LogP contribution is 2.29. The molecule has 0 radical (unpaired) electrons. The number of thiophene rings is 1. The molecule has 21 heavy (non-hydrogen) atoms. The molecule has 0 fully saturated rings. The lowest BCUT2D eigenvalue weighted by Crippen LogP contribution is -2.26. The minimum absolute atomic E-state index is 0.118. The molecule has 0 amide bonds. The molecule has 122 valence electrons. The van der Waals surface area contributed by atoms with Crippen LogP contribution in [0.15, 0.2) is 15.7 Å². The molecule has 0 bridgehead atoms. The molecular weight excluding hydrogens is 345 g/mol. The number of hydrogen-bond donors (Lipinski definition) is 2. The van der Waals surface area contributed by atoms with Crippen LogP contribution in [0, 0.1) is 0 Å². The Balaban J connectivity index is 2.47. The van der Waals surface area contributed by atoms with E-state index < -0.39 is 15.5 Å². The van der Waals surface area contributed by atoms with Gasteiger partial charge in [-0.1, -0.05) is 6.92 Å². The van der Waals surface area contributed by atoms with Crippen molar-refractivity contribution in [2.75, 3.05) is 18.8 Å². The van der Waals surface area contributed by atoms with Crippen LogP contribution in [0.25, 0.3) is 0 Å². The summed E-state index contributed by atoms with van der Waals surface area (Å²) < 4.78 is 61.9. The molecule has 0 unspecified atom stereocenters. The Labute approximate surface area is 130 Å². The lowest BCUT2D eigenvalue weighted by Gasteiger charge is -2.06. The third-order valence-electron chi connectivity index (χ3n) is 2.31. The van der Waals surface area contributed by atoms with Crippen LogP contribution < -0.4 is 10.0 Å². The van der Waals surface area contributed by atoms with Gasteiger partial charge in [0.1, 0.15) is 4.21 Å². The largest absolute Gasteiger partial charge is 0.441 e. The summed E-state index contributed by atoms with van der Waals surface area (Å²) in [6.07, 6.45) is 0.980. The van der Waals surface area contributed by atoms with E-state index in [-0.39, 0.29) is 28.3 Å². The van der Waals surface area contributed by atoms with Crippen LogP contribution >= 0.6 is 23.1 Å². The highest BCUT2D eigenvalue weighted by atomic mass is 32.2. The van der Waals surface area contributed by atoms with E-state index >= 15 is 0 Å². The molecule has 0 aliphatic heterocycles. The molecule has 0 aliphatic rings. The van der Waals surface area contributed by atoms with E-state index in [1.54, 1.807) is 5.38 Å². The van der Waals surface area contributed by atoms with Gasteiger partial charge in [-0.15, -0.1) is 11.3 Å². The SMILES string of the molecule is CCCNCc1csc(S(=O)(=O)NCCSC(F)(F)F)c1. The first-order valence-corrected chi connectivity index (χ1v) is 9.58. The fourth-order valence-electron chi connectivity index (χ4n) is 1.41. The third-order valence-corrected chi connectivity index (χ3v) is 6.00. The molecule has 0 saturated carbocycles. The number of hydrogen-bond acceptors (Lipinski definition) is 5. The van der Waals surface area contributed by atoms with Crippen molar-refractivity contribution < 1.29 is 21.6 Å². The van der Waals surface area contributed by atoms with E-state index in [1.807, 2.05) is 6.92 Å². The van der Waals surface area contributed by atoms with Crippen molar-refractivity contribution >= 4 is 33.1 Å². The van der Waals surface area contributed by atoms with E-state index in [4.69, 9.17) is 0 Å². The lowest BCUT2D eigenvalue weighted by molar-refractivity contribution is -0.0327. The summed E-state index contributed by atoms with van der Waals surface area (Å²) in [6, 6.07) is 1.53. The van der Waals surface area contributed by atoms with Crippen molar-refractivity contribution in [3.8, 4) is 0 Å². The van der Waals surface area contributed by atoms with Crippen LogP contribution in [-0.4, -0.2) is 32.8 Å². The smallest absolute Gasteiger partial charge is 0.313 e. The second-order valence-electron chi connectivity index (χ2n) is 4.14. The van der Waals surface area contributed by atoms with Crippen molar-refractivity contribution in [2.24, 2.45) is 0 Å². The van der Waals surface area contributed by atoms with Gasteiger partial charge in [-0.25, -0.2) is 13.1 Å². The second kappa shape index (κ2) is 8.37. The van der Waals surface area contributed by atoms with Crippen LogP contribution in [-0.2, 0) is 16.6 Å². The summed E-state index contributed by atoms with van der Waals surface area (Å²) in [6.45, 7) is 3.18. The molecule has 1 aromatic heterocycles. The van der Waals surface area contributed by atoms with Gasteiger partial charge in [-0.2, -0.15) is 13.2 Å². The molecule has 1 aromatic rings. The van der Waals surface area contributed by atoms with Crippen LogP contribution in [0.1, 0.15) is 18.9 Å². The molecule has 0 aromatic carbocycles. The maximum absolute atomic E-state index is 11.9. The first kappa shape index (κ1) is 18.8. The molecule has 0 saturated heterocycles. The minimum atomic E-state index is -4.34. The van der Waals surface area contributed by atoms with Gasteiger partial charge in [-0.05, 0) is 41.7 Å². The van der Waals surface area contributed by atoms with Crippen LogP contribution in [0.5, 0.6) is 0 Å². The Morgan fingerprint density at radius 1 is 1.33 bits per heavy atom. The quantitative estimate of drug-likeness (QED) is 0.663. The maximum Gasteiger partial charge on any atom is 0.441 e. The van der Waals surface area contributed by atoms with Crippen LogP contribution in [0.2, 0.25) is 0 Å². The number of sulfonamides is 1. The summed E-state index contributed by atoms with van der Waals surface area (Å²) in [7, 11) is -3.73. The molecule has 4 nitrogen and oxygen atoms in total. The van der Waals surface area contributed by atoms with Crippen LogP contribution in [0.3, 0.4) is 0 Å². The van der Waals surface area contributed by atoms with Crippen molar-refractivity contribution in [1.29, 1.82) is 0 Å². The van der Waals surface area contributed by atoms with Crippen molar-refractivity contribution in [3.05, 3.63) is 17.0 Å². The minimum Gasteiger partial charge on any atom is -0.313 e. The zero-order valence-corrected chi connectivity index (χ0v) is 13.8. The second-order valence-corrected chi connectivity index (χ2v) is 8.21. The van der Waals surface area contributed by atoms with E-state index in [0.29, 0.717) is 6.54 Å². The van der Waals surface area contributed by atoms with Gasteiger partial charge in [0.15, 0.2) is 0 Å². The van der Waals surface area contributed by atoms with Crippen molar-refractivity contribution in [3.63, 3.8) is 0 Å². The summed E-state index contributed by atoms with van der Waals surface area (Å²) in [4.78, 5) is 0. The molecule has 1 rings (SSSR count).